The van der Waals surface area contributed by atoms with Crippen LogP contribution in [0.15, 0.2) is 41.5 Å². The summed E-state index contributed by atoms with van der Waals surface area (Å²) in [5.74, 6) is 0. The SMILES string of the molecule is Cc1sc(-c2cccc(Cl)c2)c(C2C=CN=CN2)c1C. The van der Waals surface area contributed by atoms with Crippen LogP contribution in [-0.4, -0.2) is 6.34 Å². The molecular formula is C16H15ClN2S. The number of halogens is 1. The molecule has 1 N–H and O–H groups in total. The summed E-state index contributed by atoms with van der Waals surface area (Å²) in [6, 6.07) is 8.21. The molecule has 3 rings (SSSR count). The molecule has 0 fully saturated rings. The van der Waals surface area contributed by atoms with Gasteiger partial charge in [-0.3, -0.25) is 0 Å². The molecule has 102 valence electrons. The molecule has 2 nitrogen and oxygen atoms in total. The lowest BCUT2D eigenvalue weighted by molar-refractivity contribution is 0.789. The third-order valence-electron chi connectivity index (χ3n) is 3.52. The van der Waals surface area contributed by atoms with Crippen molar-refractivity contribution in [1.82, 2.24) is 5.32 Å². The lowest BCUT2D eigenvalue weighted by Crippen LogP contribution is -2.20. The van der Waals surface area contributed by atoms with Crippen LogP contribution >= 0.6 is 22.9 Å². The Morgan fingerprint density at radius 2 is 2.15 bits per heavy atom. The van der Waals surface area contributed by atoms with E-state index in [1.165, 1.54) is 26.4 Å². The highest BCUT2D eigenvalue weighted by Gasteiger charge is 2.21. The quantitative estimate of drug-likeness (QED) is 0.840. The molecule has 2 aromatic rings. The van der Waals surface area contributed by atoms with Crippen LogP contribution in [0, 0.1) is 13.8 Å². The number of aryl methyl sites for hydroxylation is 1. The summed E-state index contributed by atoms with van der Waals surface area (Å²) in [5.41, 5.74) is 3.83. The molecule has 0 bridgehead atoms. The average Bonchev–Trinajstić information content (AvgIpc) is 2.76. The number of hydrogen-bond acceptors (Lipinski definition) is 3. The van der Waals surface area contributed by atoms with Gasteiger partial charge in [-0.2, -0.15) is 0 Å². The van der Waals surface area contributed by atoms with Crippen molar-refractivity contribution in [2.45, 2.75) is 19.9 Å². The lowest BCUT2D eigenvalue weighted by atomic mass is 9.98. The molecule has 0 spiro atoms. The molecule has 0 saturated carbocycles. The van der Waals surface area contributed by atoms with E-state index < -0.39 is 0 Å². The summed E-state index contributed by atoms with van der Waals surface area (Å²) in [6.45, 7) is 4.34. The van der Waals surface area contributed by atoms with Crippen molar-refractivity contribution < 1.29 is 0 Å². The molecule has 1 aliphatic rings. The summed E-state index contributed by atoms with van der Waals surface area (Å²) < 4.78 is 0. The van der Waals surface area contributed by atoms with Crippen LogP contribution < -0.4 is 5.32 Å². The summed E-state index contributed by atoms with van der Waals surface area (Å²) in [7, 11) is 0. The van der Waals surface area contributed by atoms with Crippen LogP contribution in [0.5, 0.6) is 0 Å². The zero-order valence-electron chi connectivity index (χ0n) is 11.4. The third kappa shape index (κ3) is 2.39. The van der Waals surface area contributed by atoms with Gasteiger partial charge < -0.3 is 5.32 Å². The van der Waals surface area contributed by atoms with E-state index in [0.29, 0.717) is 0 Å². The zero-order valence-corrected chi connectivity index (χ0v) is 12.9. The number of hydrogen-bond donors (Lipinski definition) is 1. The van der Waals surface area contributed by atoms with Crippen LogP contribution in [0.2, 0.25) is 5.02 Å². The molecule has 2 heterocycles. The van der Waals surface area contributed by atoms with Gasteiger partial charge in [0.1, 0.15) is 0 Å². The number of thiophene rings is 1. The average molecular weight is 303 g/mol. The monoisotopic (exact) mass is 302 g/mol. The minimum absolute atomic E-state index is 0.173. The molecule has 1 aromatic heterocycles. The second kappa shape index (κ2) is 5.43. The topological polar surface area (TPSA) is 24.4 Å². The molecule has 0 amide bonds. The molecule has 1 aromatic carbocycles. The van der Waals surface area contributed by atoms with Gasteiger partial charge in [-0.25, -0.2) is 4.99 Å². The molecule has 1 aliphatic heterocycles. The highest BCUT2D eigenvalue weighted by atomic mass is 35.5. The van der Waals surface area contributed by atoms with Crippen LogP contribution in [0.3, 0.4) is 0 Å². The minimum Gasteiger partial charge on any atom is -0.366 e. The van der Waals surface area contributed by atoms with Crippen molar-refractivity contribution in [2.24, 2.45) is 4.99 Å². The smallest absolute Gasteiger partial charge is 0.0886 e. The van der Waals surface area contributed by atoms with Gasteiger partial charge in [0.15, 0.2) is 0 Å². The Kier molecular flexibility index (Phi) is 3.64. The first-order chi connectivity index (χ1) is 9.66. The first kappa shape index (κ1) is 13.4. The maximum Gasteiger partial charge on any atom is 0.0886 e. The fourth-order valence-electron chi connectivity index (χ4n) is 2.40. The fourth-order valence-corrected chi connectivity index (χ4v) is 3.79. The highest BCUT2D eigenvalue weighted by molar-refractivity contribution is 7.15. The Balaban J connectivity index is 2.14. The van der Waals surface area contributed by atoms with E-state index in [0.717, 1.165) is 5.02 Å². The molecule has 1 atom stereocenters. The van der Waals surface area contributed by atoms with Crippen LogP contribution in [0.25, 0.3) is 10.4 Å². The minimum atomic E-state index is 0.173. The van der Waals surface area contributed by atoms with E-state index in [2.05, 4.69) is 36.3 Å². The third-order valence-corrected chi connectivity index (χ3v) is 5.03. The Morgan fingerprint density at radius 3 is 2.85 bits per heavy atom. The van der Waals surface area contributed by atoms with Gasteiger partial charge in [0.05, 0.1) is 12.4 Å². The van der Waals surface area contributed by atoms with Gasteiger partial charge >= 0.3 is 0 Å². The molecule has 0 aliphatic carbocycles. The second-order valence-corrected chi connectivity index (χ2v) is 6.46. The van der Waals surface area contributed by atoms with E-state index in [-0.39, 0.29) is 6.04 Å². The summed E-state index contributed by atoms with van der Waals surface area (Å²) >= 11 is 7.95. The maximum absolute atomic E-state index is 6.13. The number of rotatable bonds is 2. The van der Waals surface area contributed by atoms with E-state index in [4.69, 9.17) is 11.6 Å². The van der Waals surface area contributed by atoms with Gasteiger partial charge in [-0.1, -0.05) is 23.7 Å². The summed E-state index contributed by atoms with van der Waals surface area (Å²) in [5, 5.41) is 4.08. The fraction of sp³-hybridized carbons (Fsp3) is 0.188. The normalized spacial score (nSPS) is 17.2. The summed E-state index contributed by atoms with van der Waals surface area (Å²) in [6.07, 6.45) is 5.68. The number of benzene rings is 1. The number of aliphatic imine (C=N–C) groups is 1. The van der Waals surface area contributed by atoms with Crippen molar-refractivity contribution in [3.05, 3.63) is 57.6 Å². The lowest BCUT2D eigenvalue weighted by Gasteiger charge is -2.17. The predicted octanol–water partition coefficient (Wildman–Crippen LogP) is 4.87. The van der Waals surface area contributed by atoms with E-state index >= 15 is 0 Å². The Hall–Kier alpha value is -1.58. The van der Waals surface area contributed by atoms with Crippen molar-refractivity contribution in [2.75, 3.05) is 0 Å². The van der Waals surface area contributed by atoms with Gasteiger partial charge in [-0.05, 0) is 43.2 Å². The molecule has 0 radical (unpaired) electrons. The van der Waals surface area contributed by atoms with Crippen LogP contribution in [0.4, 0.5) is 0 Å². The van der Waals surface area contributed by atoms with E-state index in [1.807, 2.05) is 35.7 Å². The van der Waals surface area contributed by atoms with Gasteiger partial charge in [-0.15, -0.1) is 11.3 Å². The van der Waals surface area contributed by atoms with Gasteiger partial charge in [0.25, 0.3) is 0 Å². The Morgan fingerprint density at radius 1 is 1.30 bits per heavy atom. The Bertz CT molecular complexity index is 700. The molecule has 4 heteroatoms. The van der Waals surface area contributed by atoms with Gasteiger partial charge in [0, 0.05) is 26.5 Å². The van der Waals surface area contributed by atoms with Crippen molar-refractivity contribution in [1.29, 1.82) is 0 Å². The largest absolute Gasteiger partial charge is 0.366 e. The van der Waals surface area contributed by atoms with Crippen molar-refractivity contribution in [3.8, 4) is 10.4 Å². The maximum atomic E-state index is 6.13. The molecule has 1 unspecified atom stereocenters. The Labute approximate surface area is 127 Å². The molecule has 20 heavy (non-hydrogen) atoms. The first-order valence-corrected chi connectivity index (χ1v) is 7.66. The first-order valence-electron chi connectivity index (χ1n) is 6.47. The van der Waals surface area contributed by atoms with E-state index in [9.17, 15) is 0 Å². The standard InChI is InChI=1S/C16H15ClN2S/c1-10-11(2)20-16(12-4-3-5-13(17)8-12)15(10)14-6-7-18-9-19-14/h3-9,14H,1-2H3,(H,18,19). The van der Waals surface area contributed by atoms with Crippen molar-refractivity contribution in [3.63, 3.8) is 0 Å². The van der Waals surface area contributed by atoms with Crippen molar-refractivity contribution >= 4 is 29.3 Å². The van der Waals surface area contributed by atoms with Crippen LogP contribution in [0.1, 0.15) is 22.0 Å². The van der Waals surface area contributed by atoms with Gasteiger partial charge in [0.2, 0.25) is 0 Å². The highest BCUT2D eigenvalue weighted by Crippen LogP contribution is 2.40. The zero-order chi connectivity index (χ0) is 14.1. The number of nitrogens with one attached hydrogen (secondary N) is 1. The van der Waals surface area contributed by atoms with E-state index in [1.54, 1.807) is 6.34 Å². The second-order valence-electron chi connectivity index (χ2n) is 4.80. The number of nitrogens with zero attached hydrogens (tertiary/aromatic N) is 1. The predicted molar refractivity (Wildman–Crippen MR) is 87.7 cm³/mol. The molecule has 0 saturated heterocycles. The van der Waals surface area contributed by atoms with Crippen LogP contribution in [-0.2, 0) is 0 Å². The molecular weight excluding hydrogens is 288 g/mol. The summed E-state index contributed by atoms with van der Waals surface area (Å²) in [4.78, 5) is 6.69.